The normalized spacial score (nSPS) is 23.9. The molecular formula is C19H27N3O2. The number of hydrogen-bond donors (Lipinski definition) is 1. The Morgan fingerprint density at radius 2 is 1.67 bits per heavy atom. The molecule has 0 bridgehead atoms. The van der Waals surface area contributed by atoms with Gasteiger partial charge in [0, 0.05) is 31.9 Å². The molecule has 5 heteroatoms. The summed E-state index contributed by atoms with van der Waals surface area (Å²) in [4.78, 5) is 29.2. The highest BCUT2D eigenvalue weighted by Crippen LogP contribution is 2.41. The fourth-order valence-electron chi connectivity index (χ4n) is 3.56. The molecular weight excluding hydrogens is 302 g/mol. The minimum atomic E-state index is -0.164. The molecule has 2 unspecified atom stereocenters. The van der Waals surface area contributed by atoms with E-state index >= 15 is 0 Å². The van der Waals surface area contributed by atoms with Gasteiger partial charge in [-0.25, -0.2) is 0 Å². The molecule has 0 aromatic heterocycles. The van der Waals surface area contributed by atoms with Crippen LogP contribution in [-0.4, -0.2) is 54.3 Å². The van der Waals surface area contributed by atoms with Crippen LogP contribution in [0.2, 0.25) is 0 Å². The van der Waals surface area contributed by atoms with Gasteiger partial charge in [-0.3, -0.25) is 9.59 Å². The number of benzene rings is 1. The number of anilines is 1. The summed E-state index contributed by atoms with van der Waals surface area (Å²) in [5, 5.41) is 2.97. The predicted molar refractivity (Wildman–Crippen MR) is 94.8 cm³/mol. The Morgan fingerprint density at radius 1 is 1.04 bits per heavy atom. The van der Waals surface area contributed by atoms with Gasteiger partial charge in [0.1, 0.15) is 0 Å². The third-order valence-electron chi connectivity index (χ3n) is 5.06. The van der Waals surface area contributed by atoms with Crippen LogP contribution in [0.25, 0.3) is 0 Å². The second kappa shape index (κ2) is 6.93. The molecule has 1 aliphatic carbocycles. The molecule has 1 N–H and O–H groups in total. The first-order valence-corrected chi connectivity index (χ1v) is 8.88. The lowest BCUT2D eigenvalue weighted by Crippen LogP contribution is -2.49. The number of piperazine rings is 1. The van der Waals surface area contributed by atoms with Gasteiger partial charge in [0.05, 0.1) is 11.8 Å². The van der Waals surface area contributed by atoms with Crippen molar-refractivity contribution in [1.82, 2.24) is 9.80 Å². The van der Waals surface area contributed by atoms with Crippen molar-refractivity contribution in [2.45, 2.75) is 27.2 Å². The third kappa shape index (κ3) is 3.78. The lowest BCUT2D eigenvalue weighted by molar-refractivity contribution is -0.135. The van der Waals surface area contributed by atoms with E-state index in [1.165, 1.54) is 0 Å². The molecule has 2 fully saturated rings. The number of carbonyl (C=O) groups is 2. The lowest BCUT2D eigenvalue weighted by Gasteiger charge is -2.34. The van der Waals surface area contributed by atoms with E-state index in [1.807, 2.05) is 30.9 Å². The van der Waals surface area contributed by atoms with Crippen LogP contribution >= 0.6 is 0 Å². The first-order valence-electron chi connectivity index (χ1n) is 8.88. The SMILES string of the molecule is CCN1CCN(C(=O)C2CC2C(=O)Nc2cc(C)cc(C)c2)CC1. The molecule has 1 saturated carbocycles. The van der Waals surface area contributed by atoms with Gasteiger partial charge < -0.3 is 15.1 Å². The predicted octanol–water partition coefficient (Wildman–Crippen LogP) is 2.04. The van der Waals surface area contributed by atoms with Crippen LogP contribution in [0.15, 0.2) is 18.2 Å². The number of likely N-dealkylation sites (N-methyl/N-ethyl adjacent to an activating group) is 1. The fraction of sp³-hybridized carbons (Fsp3) is 0.579. The zero-order valence-electron chi connectivity index (χ0n) is 14.8. The number of aryl methyl sites for hydroxylation is 2. The largest absolute Gasteiger partial charge is 0.340 e. The summed E-state index contributed by atoms with van der Waals surface area (Å²) in [6.07, 6.45) is 0.684. The highest BCUT2D eigenvalue weighted by Gasteiger charge is 2.49. The summed E-state index contributed by atoms with van der Waals surface area (Å²) in [6, 6.07) is 6.01. The molecule has 3 rings (SSSR count). The van der Waals surface area contributed by atoms with E-state index < -0.39 is 0 Å². The molecule has 1 aromatic carbocycles. The van der Waals surface area contributed by atoms with Crippen molar-refractivity contribution in [3.8, 4) is 0 Å². The highest BCUT2D eigenvalue weighted by molar-refractivity contribution is 5.99. The van der Waals surface area contributed by atoms with Gasteiger partial charge in [0.2, 0.25) is 11.8 Å². The Balaban J connectivity index is 1.53. The molecule has 1 aliphatic heterocycles. The second-order valence-corrected chi connectivity index (χ2v) is 7.07. The molecule has 2 atom stereocenters. The van der Waals surface area contributed by atoms with Gasteiger partial charge in [0.25, 0.3) is 0 Å². The number of rotatable bonds is 4. The van der Waals surface area contributed by atoms with Crippen LogP contribution in [0, 0.1) is 25.7 Å². The molecule has 0 radical (unpaired) electrons. The Kier molecular flexibility index (Phi) is 4.90. The fourth-order valence-corrected chi connectivity index (χ4v) is 3.56. The summed E-state index contributed by atoms with van der Waals surface area (Å²) in [7, 11) is 0. The summed E-state index contributed by atoms with van der Waals surface area (Å²) < 4.78 is 0. The first-order chi connectivity index (χ1) is 11.5. The molecule has 2 aliphatic rings. The summed E-state index contributed by atoms with van der Waals surface area (Å²) in [6.45, 7) is 10.7. The van der Waals surface area contributed by atoms with Crippen molar-refractivity contribution in [2.24, 2.45) is 11.8 Å². The monoisotopic (exact) mass is 329 g/mol. The van der Waals surface area contributed by atoms with Gasteiger partial charge in [-0.1, -0.05) is 13.0 Å². The number of nitrogens with zero attached hydrogens (tertiary/aromatic N) is 2. The van der Waals surface area contributed by atoms with Gasteiger partial charge in [-0.15, -0.1) is 0 Å². The van der Waals surface area contributed by atoms with Crippen LogP contribution in [0.3, 0.4) is 0 Å². The van der Waals surface area contributed by atoms with Crippen molar-refractivity contribution in [3.63, 3.8) is 0 Å². The van der Waals surface area contributed by atoms with E-state index in [4.69, 9.17) is 0 Å². The van der Waals surface area contributed by atoms with Crippen molar-refractivity contribution in [1.29, 1.82) is 0 Å². The standard InChI is InChI=1S/C19H27N3O2/c1-4-21-5-7-22(8-6-21)19(24)17-12-16(17)18(23)20-15-10-13(2)9-14(3)11-15/h9-11,16-17H,4-8,12H2,1-3H3,(H,20,23). The van der Waals surface area contributed by atoms with Crippen LogP contribution in [0.1, 0.15) is 24.5 Å². The van der Waals surface area contributed by atoms with Crippen LogP contribution in [-0.2, 0) is 9.59 Å². The summed E-state index contributed by atoms with van der Waals surface area (Å²) in [5.74, 6) is -0.150. The molecule has 24 heavy (non-hydrogen) atoms. The third-order valence-corrected chi connectivity index (χ3v) is 5.06. The maximum atomic E-state index is 12.6. The van der Waals surface area contributed by atoms with Gasteiger partial charge in [-0.05, 0) is 50.1 Å². The van der Waals surface area contributed by atoms with Gasteiger partial charge >= 0.3 is 0 Å². The number of nitrogens with one attached hydrogen (secondary N) is 1. The zero-order valence-corrected chi connectivity index (χ0v) is 14.8. The van der Waals surface area contributed by atoms with Gasteiger partial charge in [-0.2, -0.15) is 0 Å². The molecule has 1 saturated heterocycles. The molecule has 130 valence electrons. The van der Waals surface area contributed by atoms with E-state index in [2.05, 4.69) is 23.2 Å². The van der Waals surface area contributed by atoms with Crippen molar-refractivity contribution in [2.75, 3.05) is 38.0 Å². The van der Waals surface area contributed by atoms with E-state index in [9.17, 15) is 9.59 Å². The number of amides is 2. The maximum Gasteiger partial charge on any atom is 0.228 e. The second-order valence-electron chi connectivity index (χ2n) is 7.07. The molecule has 2 amide bonds. The Bertz CT molecular complexity index is 615. The van der Waals surface area contributed by atoms with Crippen molar-refractivity contribution in [3.05, 3.63) is 29.3 Å². The Hall–Kier alpha value is -1.88. The van der Waals surface area contributed by atoms with Crippen molar-refractivity contribution < 1.29 is 9.59 Å². The highest BCUT2D eigenvalue weighted by atomic mass is 16.2. The van der Waals surface area contributed by atoms with E-state index in [0.29, 0.717) is 6.42 Å². The average Bonchev–Trinajstić information content (AvgIpc) is 3.34. The maximum absolute atomic E-state index is 12.6. The molecule has 1 aromatic rings. The quantitative estimate of drug-likeness (QED) is 0.920. The Morgan fingerprint density at radius 3 is 2.25 bits per heavy atom. The van der Waals surface area contributed by atoms with Crippen LogP contribution in [0.4, 0.5) is 5.69 Å². The van der Waals surface area contributed by atoms with E-state index in [0.717, 1.165) is 49.5 Å². The van der Waals surface area contributed by atoms with E-state index in [1.54, 1.807) is 0 Å². The molecule has 1 heterocycles. The summed E-state index contributed by atoms with van der Waals surface area (Å²) >= 11 is 0. The summed E-state index contributed by atoms with van der Waals surface area (Å²) in [5.41, 5.74) is 3.08. The number of hydrogen-bond acceptors (Lipinski definition) is 3. The average molecular weight is 329 g/mol. The van der Waals surface area contributed by atoms with Gasteiger partial charge in [0.15, 0.2) is 0 Å². The first kappa shape index (κ1) is 17.0. The van der Waals surface area contributed by atoms with Crippen LogP contribution < -0.4 is 5.32 Å². The van der Waals surface area contributed by atoms with E-state index in [-0.39, 0.29) is 23.7 Å². The van der Waals surface area contributed by atoms with Crippen LogP contribution in [0.5, 0.6) is 0 Å². The zero-order chi connectivity index (χ0) is 17.3. The smallest absolute Gasteiger partial charge is 0.228 e. The lowest BCUT2D eigenvalue weighted by atomic mass is 10.1. The Labute approximate surface area is 144 Å². The minimum absolute atomic E-state index is 0.0226. The topological polar surface area (TPSA) is 52.7 Å². The number of carbonyl (C=O) groups excluding carboxylic acids is 2. The molecule has 5 nitrogen and oxygen atoms in total. The molecule has 0 spiro atoms. The minimum Gasteiger partial charge on any atom is -0.340 e. The van der Waals surface area contributed by atoms with Crippen molar-refractivity contribution >= 4 is 17.5 Å².